The van der Waals surface area contributed by atoms with Crippen molar-refractivity contribution in [3.05, 3.63) is 26.6 Å². The van der Waals surface area contributed by atoms with Crippen molar-refractivity contribution in [3.63, 3.8) is 0 Å². The predicted octanol–water partition coefficient (Wildman–Crippen LogP) is 1.43. The molecular formula is C7H5BBr2O2. The normalized spacial score (nSPS) is 15.1. The van der Waals surface area contributed by atoms with E-state index in [4.69, 9.17) is 4.65 Å². The summed E-state index contributed by atoms with van der Waals surface area (Å²) in [6.07, 6.45) is 0. The molecule has 0 amide bonds. The van der Waals surface area contributed by atoms with Gasteiger partial charge in [-0.1, -0.05) is 31.9 Å². The maximum Gasteiger partial charge on any atom is 0.491 e. The van der Waals surface area contributed by atoms with Crippen LogP contribution in [-0.2, 0) is 11.3 Å². The number of benzene rings is 1. The van der Waals surface area contributed by atoms with Crippen molar-refractivity contribution < 1.29 is 9.68 Å². The Morgan fingerprint density at radius 1 is 1.42 bits per heavy atom. The predicted molar refractivity (Wildman–Crippen MR) is 54.2 cm³/mol. The van der Waals surface area contributed by atoms with Gasteiger partial charge in [-0.2, -0.15) is 0 Å². The van der Waals surface area contributed by atoms with Crippen LogP contribution in [0.3, 0.4) is 0 Å². The molecule has 0 bridgehead atoms. The molecule has 12 heavy (non-hydrogen) atoms. The first-order valence-corrected chi connectivity index (χ1v) is 5.04. The maximum atomic E-state index is 9.37. The molecule has 62 valence electrons. The molecule has 0 unspecified atom stereocenters. The molecule has 0 fully saturated rings. The van der Waals surface area contributed by atoms with Gasteiger partial charge in [-0.25, -0.2) is 0 Å². The summed E-state index contributed by atoms with van der Waals surface area (Å²) >= 11 is 6.75. The molecule has 0 aliphatic carbocycles. The van der Waals surface area contributed by atoms with Gasteiger partial charge >= 0.3 is 7.12 Å². The van der Waals surface area contributed by atoms with Gasteiger partial charge < -0.3 is 9.68 Å². The van der Waals surface area contributed by atoms with Gasteiger partial charge in [0.1, 0.15) is 0 Å². The summed E-state index contributed by atoms with van der Waals surface area (Å²) in [6, 6.07) is 3.82. The largest absolute Gasteiger partial charge is 0.491 e. The lowest BCUT2D eigenvalue weighted by atomic mass is 9.80. The van der Waals surface area contributed by atoms with Gasteiger partial charge in [0.25, 0.3) is 0 Å². The zero-order valence-corrected chi connectivity index (χ0v) is 9.22. The Hall–Kier alpha value is 0.165. The SMILES string of the molecule is OB1OCc2c(Br)cc(Br)cc21. The quantitative estimate of drug-likeness (QED) is 0.733. The molecule has 5 heteroatoms. The van der Waals surface area contributed by atoms with E-state index in [0.29, 0.717) is 6.61 Å². The van der Waals surface area contributed by atoms with Crippen LogP contribution in [0.1, 0.15) is 5.56 Å². The first kappa shape index (κ1) is 8.75. The molecule has 0 radical (unpaired) electrons. The van der Waals surface area contributed by atoms with Crippen LogP contribution < -0.4 is 5.46 Å². The van der Waals surface area contributed by atoms with E-state index in [2.05, 4.69) is 31.9 Å². The van der Waals surface area contributed by atoms with Gasteiger partial charge in [0, 0.05) is 8.95 Å². The first-order chi connectivity index (χ1) is 5.68. The molecule has 0 atom stereocenters. The summed E-state index contributed by atoms with van der Waals surface area (Å²) in [4.78, 5) is 0. The summed E-state index contributed by atoms with van der Waals surface area (Å²) < 4.78 is 6.98. The molecule has 0 aromatic heterocycles. The third kappa shape index (κ3) is 1.35. The summed E-state index contributed by atoms with van der Waals surface area (Å²) in [5.74, 6) is 0. The monoisotopic (exact) mass is 290 g/mol. The van der Waals surface area contributed by atoms with E-state index in [1.54, 1.807) is 0 Å². The summed E-state index contributed by atoms with van der Waals surface area (Å²) in [5, 5.41) is 9.37. The molecule has 2 nitrogen and oxygen atoms in total. The Balaban J connectivity index is 2.60. The molecule has 0 saturated carbocycles. The summed E-state index contributed by atoms with van der Waals surface area (Å²) in [6.45, 7) is 0.477. The molecule has 2 rings (SSSR count). The van der Waals surface area contributed by atoms with Crippen molar-refractivity contribution in [1.82, 2.24) is 0 Å². The topological polar surface area (TPSA) is 29.5 Å². The summed E-state index contributed by atoms with van der Waals surface area (Å²) in [7, 11) is -0.770. The highest BCUT2D eigenvalue weighted by Crippen LogP contribution is 2.24. The number of hydrogen-bond donors (Lipinski definition) is 1. The molecule has 1 aromatic carbocycles. The number of rotatable bonds is 0. The van der Waals surface area contributed by atoms with Crippen LogP contribution in [0.2, 0.25) is 0 Å². The van der Waals surface area contributed by atoms with E-state index >= 15 is 0 Å². The standard InChI is InChI=1S/C7H5BBr2O2/c9-4-1-6-5(7(10)2-4)3-12-8(6)11/h1-2,11H,3H2. The smallest absolute Gasteiger partial charge is 0.423 e. The molecule has 0 saturated heterocycles. The molecule has 1 aliphatic rings. The van der Waals surface area contributed by atoms with E-state index in [1.807, 2.05) is 12.1 Å². The Morgan fingerprint density at radius 3 is 2.92 bits per heavy atom. The minimum Gasteiger partial charge on any atom is -0.423 e. The third-order valence-corrected chi connectivity index (χ3v) is 3.01. The molecule has 1 N–H and O–H groups in total. The minimum absolute atomic E-state index is 0.477. The maximum absolute atomic E-state index is 9.37. The molecular weight excluding hydrogens is 287 g/mol. The highest BCUT2D eigenvalue weighted by molar-refractivity contribution is 9.11. The number of fused-ring (bicyclic) bond motifs is 1. The van der Waals surface area contributed by atoms with Crippen LogP contribution in [0.4, 0.5) is 0 Å². The third-order valence-electron chi connectivity index (χ3n) is 1.85. The van der Waals surface area contributed by atoms with E-state index in [0.717, 1.165) is 20.0 Å². The van der Waals surface area contributed by atoms with Gasteiger partial charge in [0.15, 0.2) is 0 Å². The second-order valence-corrected chi connectivity index (χ2v) is 4.39. The highest BCUT2D eigenvalue weighted by atomic mass is 79.9. The van der Waals surface area contributed by atoms with Crippen molar-refractivity contribution in [2.24, 2.45) is 0 Å². The lowest BCUT2D eigenvalue weighted by Gasteiger charge is -2.01. The van der Waals surface area contributed by atoms with Crippen LogP contribution in [-0.4, -0.2) is 12.1 Å². The lowest BCUT2D eigenvalue weighted by molar-refractivity contribution is 0.275. The fraction of sp³-hybridized carbons (Fsp3) is 0.143. The van der Waals surface area contributed by atoms with Gasteiger partial charge in [-0.05, 0) is 23.2 Å². The zero-order valence-electron chi connectivity index (χ0n) is 6.05. The minimum atomic E-state index is -0.770. The van der Waals surface area contributed by atoms with Gasteiger partial charge in [-0.15, -0.1) is 0 Å². The number of halogens is 2. The fourth-order valence-corrected chi connectivity index (χ4v) is 2.62. The second kappa shape index (κ2) is 3.14. The van der Waals surface area contributed by atoms with Gasteiger partial charge in [0.05, 0.1) is 6.61 Å². The van der Waals surface area contributed by atoms with Crippen molar-refractivity contribution in [2.75, 3.05) is 0 Å². The van der Waals surface area contributed by atoms with Crippen molar-refractivity contribution in [2.45, 2.75) is 6.61 Å². The average molecular weight is 292 g/mol. The van der Waals surface area contributed by atoms with Crippen LogP contribution in [0.15, 0.2) is 21.1 Å². The van der Waals surface area contributed by atoms with E-state index in [9.17, 15) is 5.02 Å². The van der Waals surface area contributed by atoms with Gasteiger partial charge in [0.2, 0.25) is 0 Å². The van der Waals surface area contributed by atoms with E-state index < -0.39 is 7.12 Å². The Bertz CT molecular complexity index is 329. The van der Waals surface area contributed by atoms with E-state index in [1.165, 1.54) is 0 Å². The average Bonchev–Trinajstić information content (AvgIpc) is 2.33. The molecule has 1 heterocycles. The fourth-order valence-electron chi connectivity index (χ4n) is 1.25. The van der Waals surface area contributed by atoms with Crippen molar-refractivity contribution in [1.29, 1.82) is 0 Å². The van der Waals surface area contributed by atoms with Crippen molar-refractivity contribution >= 4 is 44.4 Å². The molecule has 1 aliphatic heterocycles. The molecule has 0 spiro atoms. The molecule has 1 aromatic rings. The van der Waals surface area contributed by atoms with Crippen LogP contribution in [0.25, 0.3) is 0 Å². The second-order valence-electron chi connectivity index (χ2n) is 2.62. The zero-order chi connectivity index (χ0) is 8.72. The Morgan fingerprint density at radius 2 is 2.17 bits per heavy atom. The number of hydrogen-bond acceptors (Lipinski definition) is 2. The van der Waals surface area contributed by atoms with Crippen LogP contribution in [0, 0.1) is 0 Å². The van der Waals surface area contributed by atoms with Crippen LogP contribution >= 0.6 is 31.9 Å². The Labute approximate surface area is 87.3 Å². The highest BCUT2D eigenvalue weighted by Gasteiger charge is 2.28. The summed E-state index contributed by atoms with van der Waals surface area (Å²) in [5.41, 5.74) is 1.88. The van der Waals surface area contributed by atoms with E-state index in [-0.39, 0.29) is 0 Å². The first-order valence-electron chi connectivity index (χ1n) is 3.46. The van der Waals surface area contributed by atoms with Gasteiger partial charge in [-0.3, -0.25) is 0 Å². The van der Waals surface area contributed by atoms with Crippen LogP contribution in [0.5, 0.6) is 0 Å². The lowest BCUT2D eigenvalue weighted by Crippen LogP contribution is -2.28. The Kier molecular flexibility index (Phi) is 2.29. The van der Waals surface area contributed by atoms with Crippen molar-refractivity contribution in [3.8, 4) is 0 Å².